The highest BCUT2D eigenvalue weighted by molar-refractivity contribution is 5.91. The molecule has 0 saturated heterocycles. The molecule has 160 valence electrons. The lowest BCUT2D eigenvalue weighted by molar-refractivity contribution is -0.116. The van der Waals surface area contributed by atoms with Crippen molar-refractivity contribution in [2.45, 2.75) is 39.2 Å². The van der Waals surface area contributed by atoms with E-state index in [1.807, 2.05) is 36.4 Å². The Morgan fingerprint density at radius 1 is 1.07 bits per heavy atom. The van der Waals surface area contributed by atoms with Gasteiger partial charge in [0.25, 0.3) is 0 Å². The van der Waals surface area contributed by atoms with Crippen molar-refractivity contribution >= 4 is 12.0 Å². The van der Waals surface area contributed by atoms with Crippen LogP contribution in [-0.2, 0) is 11.3 Å². The van der Waals surface area contributed by atoms with Gasteiger partial charge in [0.15, 0.2) is 23.0 Å². The lowest BCUT2D eigenvalue weighted by Gasteiger charge is -2.11. The van der Waals surface area contributed by atoms with E-state index in [1.54, 1.807) is 13.2 Å². The van der Waals surface area contributed by atoms with Crippen molar-refractivity contribution in [2.24, 2.45) is 0 Å². The van der Waals surface area contributed by atoms with Crippen molar-refractivity contribution in [1.82, 2.24) is 5.32 Å². The van der Waals surface area contributed by atoms with E-state index in [0.29, 0.717) is 24.7 Å². The van der Waals surface area contributed by atoms with Crippen LogP contribution < -0.4 is 24.3 Å². The van der Waals surface area contributed by atoms with Gasteiger partial charge in [-0.25, -0.2) is 0 Å². The minimum atomic E-state index is -0.178. The third-order valence-corrected chi connectivity index (χ3v) is 4.77. The number of fused-ring (bicyclic) bond motifs is 1. The second-order valence-electron chi connectivity index (χ2n) is 7.06. The molecule has 1 amide bonds. The number of methoxy groups -OCH3 is 1. The predicted molar refractivity (Wildman–Crippen MR) is 116 cm³/mol. The molecule has 1 aliphatic heterocycles. The number of ether oxygens (including phenoxy) is 4. The summed E-state index contributed by atoms with van der Waals surface area (Å²) in [6.45, 7) is 3.51. The summed E-state index contributed by atoms with van der Waals surface area (Å²) in [5.41, 5.74) is 1.81. The molecule has 0 spiro atoms. The molecule has 0 atom stereocenters. The fraction of sp³-hybridized carbons (Fsp3) is 0.375. The van der Waals surface area contributed by atoms with E-state index in [-0.39, 0.29) is 12.7 Å². The first-order chi connectivity index (χ1) is 14.7. The van der Waals surface area contributed by atoms with E-state index in [2.05, 4.69) is 12.2 Å². The maximum Gasteiger partial charge on any atom is 0.244 e. The topological polar surface area (TPSA) is 66.0 Å². The molecule has 1 aliphatic rings. The molecule has 3 rings (SSSR count). The standard InChI is InChI=1S/C24H29NO5/c1-3-4-5-6-13-28-20-10-7-18(14-22(20)27-2)9-12-24(26)25-16-19-8-11-21-23(15-19)30-17-29-21/h7-12,14-15H,3-6,13,16-17H2,1-2H3,(H,25,26)/b12-9+. The molecule has 0 fully saturated rings. The van der Waals surface area contributed by atoms with Gasteiger partial charge in [-0.3, -0.25) is 4.79 Å². The number of benzene rings is 2. The van der Waals surface area contributed by atoms with Crippen LogP contribution >= 0.6 is 0 Å². The quantitative estimate of drug-likeness (QED) is 0.428. The Morgan fingerprint density at radius 2 is 1.93 bits per heavy atom. The molecule has 1 heterocycles. The highest BCUT2D eigenvalue weighted by Gasteiger charge is 2.13. The number of hydrogen-bond acceptors (Lipinski definition) is 5. The number of unbranched alkanes of at least 4 members (excludes halogenated alkanes) is 3. The minimum absolute atomic E-state index is 0.178. The van der Waals surface area contributed by atoms with Gasteiger partial charge in [0, 0.05) is 12.6 Å². The second kappa shape index (κ2) is 11.1. The molecule has 0 unspecified atom stereocenters. The molecule has 0 bridgehead atoms. The van der Waals surface area contributed by atoms with Crippen molar-refractivity contribution in [3.05, 3.63) is 53.6 Å². The van der Waals surface area contributed by atoms with Gasteiger partial charge in [0.2, 0.25) is 12.7 Å². The number of amides is 1. The molecular formula is C24H29NO5. The molecule has 0 radical (unpaired) electrons. The number of carbonyl (C=O) groups excluding carboxylic acids is 1. The van der Waals surface area contributed by atoms with E-state index in [9.17, 15) is 4.79 Å². The van der Waals surface area contributed by atoms with E-state index < -0.39 is 0 Å². The maximum atomic E-state index is 12.2. The summed E-state index contributed by atoms with van der Waals surface area (Å²) < 4.78 is 21.9. The van der Waals surface area contributed by atoms with Gasteiger partial charge in [-0.05, 0) is 47.9 Å². The monoisotopic (exact) mass is 411 g/mol. The number of rotatable bonds is 11. The van der Waals surface area contributed by atoms with Crippen LogP contribution in [0.15, 0.2) is 42.5 Å². The molecule has 1 N–H and O–H groups in total. The fourth-order valence-electron chi connectivity index (χ4n) is 3.09. The van der Waals surface area contributed by atoms with Gasteiger partial charge < -0.3 is 24.3 Å². The molecule has 0 saturated carbocycles. The van der Waals surface area contributed by atoms with Crippen molar-refractivity contribution in [3.8, 4) is 23.0 Å². The van der Waals surface area contributed by atoms with Crippen LogP contribution in [0.5, 0.6) is 23.0 Å². The first kappa shape index (κ1) is 21.6. The van der Waals surface area contributed by atoms with Crippen molar-refractivity contribution in [1.29, 1.82) is 0 Å². The van der Waals surface area contributed by atoms with Crippen molar-refractivity contribution in [2.75, 3.05) is 20.5 Å². The molecule has 0 aromatic heterocycles. The molecule has 2 aromatic carbocycles. The minimum Gasteiger partial charge on any atom is -0.493 e. The Morgan fingerprint density at radius 3 is 2.77 bits per heavy atom. The predicted octanol–water partition coefficient (Wildman–Crippen LogP) is 4.71. The summed E-state index contributed by atoms with van der Waals surface area (Å²) in [5.74, 6) is 2.64. The smallest absolute Gasteiger partial charge is 0.244 e. The lowest BCUT2D eigenvalue weighted by atomic mass is 10.1. The first-order valence-electron chi connectivity index (χ1n) is 10.3. The molecule has 0 aliphatic carbocycles. The summed E-state index contributed by atoms with van der Waals surface area (Å²) in [7, 11) is 1.62. The van der Waals surface area contributed by atoms with E-state index in [1.165, 1.54) is 25.3 Å². The molecule has 2 aromatic rings. The summed E-state index contributed by atoms with van der Waals surface area (Å²) in [4.78, 5) is 12.2. The average Bonchev–Trinajstić information content (AvgIpc) is 3.24. The number of hydrogen-bond donors (Lipinski definition) is 1. The lowest BCUT2D eigenvalue weighted by Crippen LogP contribution is -2.20. The zero-order valence-corrected chi connectivity index (χ0v) is 17.6. The Labute approximate surface area is 177 Å². The number of carbonyl (C=O) groups is 1. The van der Waals surface area contributed by atoms with Gasteiger partial charge in [0.05, 0.1) is 13.7 Å². The van der Waals surface area contributed by atoms with Crippen LogP contribution in [-0.4, -0.2) is 26.4 Å². The third kappa shape index (κ3) is 6.17. The summed E-state index contributed by atoms with van der Waals surface area (Å²) in [5, 5.41) is 2.87. The van der Waals surface area contributed by atoms with Gasteiger partial charge >= 0.3 is 0 Å². The maximum absolute atomic E-state index is 12.2. The van der Waals surface area contributed by atoms with Gasteiger partial charge in [0.1, 0.15) is 0 Å². The number of nitrogens with one attached hydrogen (secondary N) is 1. The third-order valence-electron chi connectivity index (χ3n) is 4.77. The zero-order valence-electron chi connectivity index (χ0n) is 17.6. The summed E-state index contributed by atoms with van der Waals surface area (Å²) >= 11 is 0. The summed E-state index contributed by atoms with van der Waals surface area (Å²) in [6.07, 6.45) is 7.88. The van der Waals surface area contributed by atoms with Crippen molar-refractivity contribution < 1.29 is 23.7 Å². The largest absolute Gasteiger partial charge is 0.493 e. The first-order valence-corrected chi connectivity index (χ1v) is 10.3. The van der Waals surface area contributed by atoms with Crippen LogP contribution in [0.2, 0.25) is 0 Å². The van der Waals surface area contributed by atoms with Crippen LogP contribution in [0.1, 0.15) is 43.7 Å². The van der Waals surface area contributed by atoms with Crippen LogP contribution in [0.25, 0.3) is 6.08 Å². The highest BCUT2D eigenvalue weighted by Crippen LogP contribution is 2.32. The molecule has 6 nitrogen and oxygen atoms in total. The van der Waals surface area contributed by atoms with Crippen molar-refractivity contribution in [3.63, 3.8) is 0 Å². The molecule has 30 heavy (non-hydrogen) atoms. The van der Waals surface area contributed by atoms with E-state index >= 15 is 0 Å². The second-order valence-corrected chi connectivity index (χ2v) is 7.06. The van der Waals surface area contributed by atoms with Crippen LogP contribution in [0.4, 0.5) is 0 Å². The summed E-state index contributed by atoms with van der Waals surface area (Å²) in [6, 6.07) is 11.3. The Balaban J connectivity index is 1.50. The fourth-order valence-corrected chi connectivity index (χ4v) is 3.09. The Hall–Kier alpha value is -3.15. The average molecular weight is 411 g/mol. The highest BCUT2D eigenvalue weighted by atomic mass is 16.7. The normalized spacial score (nSPS) is 12.2. The SMILES string of the molecule is CCCCCCOc1ccc(/C=C/C(=O)NCc2ccc3c(c2)OCO3)cc1OC. The molecular weight excluding hydrogens is 382 g/mol. The Bertz CT molecular complexity index is 878. The molecule has 6 heteroatoms. The van der Waals surface area contributed by atoms with Crippen LogP contribution in [0.3, 0.4) is 0 Å². The Kier molecular flexibility index (Phi) is 8.01. The zero-order chi connectivity index (χ0) is 21.2. The van der Waals surface area contributed by atoms with E-state index in [4.69, 9.17) is 18.9 Å². The van der Waals surface area contributed by atoms with Gasteiger partial charge in [-0.2, -0.15) is 0 Å². The van der Waals surface area contributed by atoms with E-state index in [0.717, 1.165) is 29.0 Å². The van der Waals surface area contributed by atoms with Gasteiger partial charge in [-0.15, -0.1) is 0 Å². The van der Waals surface area contributed by atoms with Crippen LogP contribution in [0, 0.1) is 0 Å². The van der Waals surface area contributed by atoms with Gasteiger partial charge in [-0.1, -0.05) is 38.3 Å².